The molecule has 3 rings (SSSR count). The number of benzene rings is 1. The Balaban J connectivity index is 1.53. The molecular weight excluding hydrogens is 318 g/mol. The van der Waals surface area contributed by atoms with Crippen LogP contribution in [-0.2, 0) is 9.53 Å². The van der Waals surface area contributed by atoms with Crippen LogP contribution in [-0.4, -0.2) is 47.3 Å². The van der Waals surface area contributed by atoms with Crippen LogP contribution in [0.25, 0.3) is 11.4 Å². The van der Waals surface area contributed by atoms with Gasteiger partial charge in [-0.2, -0.15) is 4.98 Å². The van der Waals surface area contributed by atoms with Gasteiger partial charge in [0.05, 0.1) is 6.10 Å². The Kier molecular flexibility index (Phi) is 5.81. The average molecular weight is 343 g/mol. The van der Waals surface area contributed by atoms with Crippen LogP contribution in [0.3, 0.4) is 0 Å². The predicted molar refractivity (Wildman–Crippen MR) is 94.0 cm³/mol. The number of ether oxygens (including phenoxy) is 1. The molecule has 0 bridgehead atoms. The standard InChI is InChI=1S/C19H25N3O3/c1-14(24-2)8-9-17(23)22-12-10-16(11-13-22)19-20-18(21-25-19)15-6-4-3-5-7-15/h3-7,14,16H,8-13H2,1-2H3/t14-/m0/s1. The fourth-order valence-electron chi connectivity index (χ4n) is 3.08. The summed E-state index contributed by atoms with van der Waals surface area (Å²) in [5.74, 6) is 1.74. The van der Waals surface area contributed by atoms with Gasteiger partial charge in [0, 0.05) is 38.1 Å². The zero-order valence-electron chi connectivity index (χ0n) is 14.9. The fraction of sp³-hybridized carbons (Fsp3) is 0.526. The smallest absolute Gasteiger partial charge is 0.230 e. The summed E-state index contributed by atoms with van der Waals surface area (Å²) in [6, 6.07) is 9.82. The highest BCUT2D eigenvalue weighted by atomic mass is 16.5. The maximum atomic E-state index is 12.3. The van der Waals surface area contributed by atoms with Gasteiger partial charge in [-0.3, -0.25) is 4.79 Å². The van der Waals surface area contributed by atoms with Crippen LogP contribution in [0, 0.1) is 0 Å². The van der Waals surface area contributed by atoms with Crippen LogP contribution in [0.1, 0.15) is 44.4 Å². The Morgan fingerprint density at radius 3 is 2.72 bits per heavy atom. The van der Waals surface area contributed by atoms with E-state index in [1.54, 1.807) is 7.11 Å². The third-order valence-corrected chi connectivity index (χ3v) is 4.84. The molecule has 1 amide bonds. The summed E-state index contributed by atoms with van der Waals surface area (Å²) >= 11 is 0. The van der Waals surface area contributed by atoms with E-state index in [1.807, 2.05) is 42.2 Å². The van der Waals surface area contributed by atoms with Gasteiger partial charge in [0.15, 0.2) is 0 Å². The third-order valence-electron chi connectivity index (χ3n) is 4.84. The molecule has 2 aromatic rings. The minimum Gasteiger partial charge on any atom is -0.382 e. The molecule has 2 heterocycles. The SMILES string of the molecule is CO[C@@H](C)CCC(=O)N1CCC(c2nc(-c3ccccc3)no2)CC1. The zero-order chi connectivity index (χ0) is 17.6. The maximum absolute atomic E-state index is 12.3. The predicted octanol–water partition coefficient (Wildman–Crippen LogP) is 3.26. The van der Waals surface area contributed by atoms with Crippen molar-refractivity contribution < 1.29 is 14.1 Å². The first-order chi connectivity index (χ1) is 12.2. The number of methoxy groups -OCH3 is 1. The van der Waals surface area contributed by atoms with Crippen molar-refractivity contribution in [2.45, 2.75) is 44.6 Å². The van der Waals surface area contributed by atoms with Crippen LogP contribution >= 0.6 is 0 Å². The number of piperidine rings is 1. The molecule has 25 heavy (non-hydrogen) atoms. The molecular formula is C19H25N3O3. The first kappa shape index (κ1) is 17.6. The Morgan fingerprint density at radius 2 is 2.04 bits per heavy atom. The lowest BCUT2D eigenvalue weighted by molar-refractivity contribution is -0.133. The number of aromatic nitrogens is 2. The molecule has 1 aromatic heterocycles. The van der Waals surface area contributed by atoms with E-state index in [-0.39, 0.29) is 17.9 Å². The molecule has 0 N–H and O–H groups in total. The molecule has 0 spiro atoms. The average Bonchev–Trinajstić information content (AvgIpc) is 3.17. The van der Waals surface area contributed by atoms with E-state index in [2.05, 4.69) is 10.1 Å². The highest BCUT2D eigenvalue weighted by Gasteiger charge is 2.27. The van der Waals surface area contributed by atoms with Crippen LogP contribution in [0.15, 0.2) is 34.9 Å². The van der Waals surface area contributed by atoms with E-state index in [1.165, 1.54) is 0 Å². The van der Waals surface area contributed by atoms with Crippen LogP contribution < -0.4 is 0 Å². The molecule has 1 aromatic carbocycles. The third kappa shape index (κ3) is 4.45. The summed E-state index contributed by atoms with van der Waals surface area (Å²) in [5, 5.41) is 4.09. The van der Waals surface area contributed by atoms with Crippen LogP contribution in [0.4, 0.5) is 0 Å². The second kappa shape index (κ2) is 8.25. The van der Waals surface area contributed by atoms with Crippen LogP contribution in [0.5, 0.6) is 0 Å². The van der Waals surface area contributed by atoms with Crippen molar-refractivity contribution in [2.24, 2.45) is 0 Å². The molecule has 1 fully saturated rings. The van der Waals surface area contributed by atoms with Gasteiger partial charge < -0.3 is 14.2 Å². The van der Waals surface area contributed by atoms with Gasteiger partial charge in [0.2, 0.25) is 17.6 Å². The first-order valence-corrected chi connectivity index (χ1v) is 8.87. The quantitative estimate of drug-likeness (QED) is 0.805. The van der Waals surface area contributed by atoms with E-state index in [0.717, 1.165) is 37.9 Å². The van der Waals surface area contributed by atoms with Crippen molar-refractivity contribution >= 4 is 5.91 Å². The Hall–Kier alpha value is -2.21. The van der Waals surface area contributed by atoms with E-state index in [4.69, 9.17) is 9.26 Å². The minimum atomic E-state index is 0.122. The van der Waals surface area contributed by atoms with Gasteiger partial charge in [0.1, 0.15) is 0 Å². The number of amides is 1. The van der Waals surface area contributed by atoms with Gasteiger partial charge in [0.25, 0.3) is 0 Å². The lowest BCUT2D eigenvalue weighted by atomic mass is 9.96. The van der Waals surface area contributed by atoms with Crippen molar-refractivity contribution in [1.29, 1.82) is 0 Å². The van der Waals surface area contributed by atoms with Gasteiger partial charge in [-0.05, 0) is 26.2 Å². The Labute approximate surface area is 148 Å². The number of nitrogens with zero attached hydrogens (tertiary/aromatic N) is 3. The topological polar surface area (TPSA) is 68.5 Å². The van der Waals surface area contributed by atoms with Crippen molar-refractivity contribution in [3.8, 4) is 11.4 Å². The van der Waals surface area contributed by atoms with E-state index in [0.29, 0.717) is 18.1 Å². The summed E-state index contributed by atoms with van der Waals surface area (Å²) in [6.45, 7) is 3.47. The maximum Gasteiger partial charge on any atom is 0.230 e. The van der Waals surface area contributed by atoms with Crippen molar-refractivity contribution in [1.82, 2.24) is 15.0 Å². The summed E-state index contributed by atoms with van der Waals surface area (Å²) in [6.07, 6.45) is 3.15. The lowest BCUT2D eigenvalue weighted by Crippen LogP contribution is -2.38. The van der Waals surface area contributed by atoms with Crippen molar-refractivity contribution in [2.75, 3.05) is 20.2 Å². The normalized spacial score (nSPS) is 16.8. The van der Waals surface area contributed by atoms with Crippen molar-refractivity contribution in [3.63, 3.8) is 0 Å². The fourth-order valence-corrected chi connectivity index (χ4v) is 3.08. The minimum absolute atomic E-state index is 0.122. The van der Waals surface area contributed by atoms with Gasteiger partial charge >= 0.3 is 0 Å². The number of hydrogen-bond donors (Lipinski definition) is 0. The molecule has 134 valence electrons. The summed E-state index contributed by atoms with van der Waals surface area (Å²) < 4.78 is 10.7. The van der Waals surface area contributed by atoms with Gasteiger partial charge in [-0.25, -0.2) is 0 Å². The Bertz CT molecular complexity index is 678. The van der Waals surface area contributed by atoms with Gasteiger partial charge in [-0.15, -0.1) is 0 Å². The molecule has 1 atom stereocenters. The molecule has 0 unspecified atom stereocenters. The molecule has 1 saturated heterocycles. The van der Waals surface area contributed by atoms with E-state index < -0.39 is 0 Å². The molecule has 1 aliphatic rings. The summed E-state index contributed by atoms with van der Waals surface area (Å²) in [4.78, 5) is 18.8. The van der Waals surface area contributed by atoms with Crippen LogP contribution in [0.2, 0.25) is 0 Å². The second-order valence-corrected chi connectivity index (χ2v) is 6.56. The molecule has 6 heteroatoms. The number of rotatable bonds is 6. The lowest BCUT2D eigenvalue weighted by Gasteiger charge is -2.30. The number of likely N-dealkylation sites (tertiary alicyclic amines) is 1. The molecule has 0 aliphatic carbocycles. The number of hydrogen-bond acceptors (Lipinski definition) is 5. The van der Waals surface area contributed by atoms with E-state index >= 15 is 0 Å². The monoisotopic (exact) mass is 343 g/mol. The van der Waals surface area contributed by atoms with Gasteiger partial charge in [-0.1, -0.05) is 35.5 Å². The second-order valence-electron chi connectivity index (χ2n) is 6.56. The summed E-state index contributed by atoms with van der Waals surface area (Å²) in [5.41, 5.74) is 0.956. The number of carbonyl (C=O) groups is 1. The molecule has 0 saturated carbocycles. The highest BCUT2D eigenvalue weighted by Crippen LogP contribution is 2.28. The first-order valence-electron chi connectivity index (χ1n) is 8.87. The zero-order valence-corrected chi connectivity index (χ0v) is 14.9. The largest absolute Gasteiger partial charge is 0.382 e. The Morgan fingerprint density at radius 1 is 1.32 bits per heavy atom. The highest BCUT2D eigenvalue weighted by molar-refractivity contribution is 5.76. The molecule has 6 nitrogen and oxygen atoms in total. The van der Waals surface area contributed by atoms with E-state index in [9.17, 15) is 4.79 Å². The molecule has 0 radical (unpaired) electrons. The van der Waals surface area contributed by atoms with Crippen molar-refractivity contribution in [3.05, 3.63) is 36.2 Å². The molecule has 1 aliphatic heterocycles. The number of carbonyl (C=O) groups excluding carboxylic acids is 1. The summed E-state index contributed by atoms with van der Waals surface area (Å²) in [7, 11) is 1.68.